The quantitative estimate of drug-likeness (QED) is 0.539. The van der Waals surface area contributed by atoms with E-state index in [-0.39, 0.29) is 0 Å². The molecule has 0 spiro atoms. The van der Waals surface area contributed by atoms with Gasteiger partial charge in [-0.25, -0.2) is 0 Å². The number of hydrogen-bond acceptors (Lipinski definition) is 1. The van der Waals surface area contributed by atoms with Gasteiger partial charge in [-0.1, -0.05) is 12.8 Å². The molecule has 0 aromatic carbocycles. The van der Waals surface area contributed by atoms with Crippen LogP contribution in [0.25, 0.3) is 0 Å². The molecule has 2 aliphatic rings. The highest BCUT2D eigenvalue weighted by Crippen LogP contribution is 2.36. The fraction of sp³-hybridized carbons (Fsp3) is 1.00. The van der Waals surface area contributed by atoms with Crippen molar-refractivity contribution in [2.75, 3.05) is 6.54 Å². The van der Waals surface area contributed by atoms with Crippen molar-refractivity contribution in [1.29, 1.82) is 0 Å². The summed E-state index contributed by atoms with van der Waals surface area (Å²) < 4.78 is 0. The second-order valence-corrected chi connectivity index (χ2v) is 4.00. The zero-order valence-corrected chi connectivity index (χ0v) is 6.77. The lowest BCUT2D eigenvalue weighted by atomic mass is 9.86. The van der Waals surface area contributed by atoms with Gasteiger partial charge in [0.1, 0.15) is 0 Å². The minimum atomic E-state index is 0.791. The largest absolute Gasteiger partial charge is 0.314 e. The predicted octanol–water partition coefficient (Wildman–Crippen LogP) is 1.78. The summed E-state index contributed by atoms with van der Waals surface area (Å²) in [6.45, 7) is 3.61. The van der Waals surface area contributed by atoms with Crippen LogP contribution in [0.5, 0.6) is 0 Å². The van der Waals surface area contributed by atoms with Gasteiger partial charge < -0.3 is 5.32 Å². The number of hydrogen-bond donors (Lipinski definition) is 1. The van der Waals surface area contributed by atoms with Gasteiger partial charge in [0.15, 0.2) is 0 Å². The molecular formula is C9H17N. The molecule has 0 amide bonds. The molecule has 1 heterocycles. The highest BCUT2D eigenvalue weighted by atomic mass is 14.9. The first kappa shape index (κ1) is 6.66. The van der Waals surface area contributed by atoms with Crippen LogP contribution in [0.4, 0.5) is 0 Å². The summed E-state index contributed by atoms with van der Waals surface area (Å²) in [5.41, 5.74) is 0. The Morgan fingerprint density at radius 1 is 1.20 bits per heavy atom. The van der Waals surface area contributed by atoms with Crippen LogP contribution >= 0.6 is 0 Å². The Bertz CT molecular complexity index is 122. The number of piperidine rings is 1. The fourth-order valence-electron chi connectivity index (χ4n) is 2.58. The van der Waals surface area contributed by atoms with E-state index in [2.05, 4.69) is 12.2 Å². The average Bonchev–Trinajstić information content (AvgIpc) is 2.33. The molecule has 0 unspecified atom stereocenters. The molecule has 1 heteroatoms. The average molecular weight is 139 g/mol. The van der Waals surface area contributed by atoms with Gasteiger partial charge in [0.2, 0.25) is 0 Å². The van der Waals surface area contributed by atoms with E-state index in [1.807, 2.05) is 0 Å². The maximum absolute atomic E-state index is 3.55. The topological polar surface area (TPSA) is 12.0 Å². The van der Waals surface area contributed by atoms with E-state index in [0.717, 1.165) is 17.9 Å². The molecule has 1 aliphatic heterocycles. The molecule has 0 bridgehead atoms. The molecule has 1 nitrogen and oxygen atoms in total. The lowest BCUT2D eigenvalue weighted by Crippen LogP contribution is -2.40. The Balaban J connectivity index is 1.96. The van der Waals surface area contributed by atoms with Gasteiger partial charge >= 0.3 is 0 Å². The van der Waals surface area contributed by atoms with Crippen molar-refractivity contribution in [2.45, 2.75) is 38.6 Å². The summed E-state index contributed by atoms with van der Waals surface area (Å²) in [5, 5.41) is 3.55. The maximum Gasteiger partial charge on any atom is 0.00415 e. The smallest absolute Gasteiger partial charge is 0.00415 e. The van der Waals surface area contributed by atoms with Gasteiger partial charge in [-0.05, 0) is 38.1 Å². The molecule has 0 radical (unpaired) electrons. The van der Waals surface area contributed by atoms with Crippen molar-refractivity contribution in [2.24, 2.45) is 11.8 Å². The van der Waals surface area contributed by atoms with Crippen molar-refractivity contribution >= 4 is 0 Å². The van der Waals surface area contributed by atoms with Crippen LogP contribution < -0.4 is 5.32 Å². The summed E-state index contributed by atoms with van der Waals surface area (Å²) in [4.78, 5) is 0. The third-order valence-corrected chi connectivity index (χ3v) is 3.20. The van der Waals surface area contributed by atoms with Gasteiger partial charge in [0.25, 0.3) is 0 Å². The van der Waals surface area contributed by atoms with Crippen molar-refractivity contribution in [3.05, 3.63) is 0 Å². The van der Waals surface area contributed by atoms with Gasteiger partial charge in [-0.15, -0.1) is 0 Å². The Morgan fingerprint density at radius 2 is 2.00 bits per heavy atom. The highest BCUT2D eigenvalue weighted by molar-refractivity contribution is 4.86. The van der Waals surface area contributed by atoms with Crippen molar-refractivity contribution in [1.82, 2.24) is 5.32 Å². The van der Waals surface area contributed by atoms with E-state index in [1.54, 1.807) is 0 Å². The van der Waals surface area contributed by atoms with E-state index >= 15 is 0 Å². The Kier molecular flexibility index (Phi) is 1.69. The zero-order valence-electron chi connectivity index (χ0n) is 6.77. The molecule has 2 rings (SSSR count). The first-order valence-electron chi connectivity index (χ1n) is 4.59. The maximum atomic E-state index is 3.55. The second-order valence-electron chi connectivity index (χ2n) is 4.00. The monoisotopic (exact) mass is 139 g/mol. The minimum Gasteiger partial charge on any atom is -0.314 e. The third kappa shape index (κ3) is 1.07. The SMILES string of the molecule is C[C@@H]1C[C@@H]2CCC[C@@H]2CN1. The molecule has 2 fully saturated rings. The molecule has 0 aromatic heterocycles. The van der Waals surface area contributed by atoms with Crippen molar-refractivity contribution in [3.63, 3.8) is 0 Å². The first-order valence-corrected chi connectivity index (χ1v) is 4.59. The number of rotatable bonds is 0. The molecule has 0 aromatic rings. The third-order valence-electron chi connectivity index (χ3n) is 3.20. The molecule has 1 saturated heterocycles. The van der Waals surface area contributed by atoms with E-state index in [1.165, 1.54) is 32.2 Å². The van der Waals surface area contributed by atoms with Crippen LogP contribution in [0.3, 0.4) is 0 Å². The van der Waals surface area contributed by atoms with Crippen LogP contribution in [-0.4, -0.2) is 12.6 Å². The molecule has 1 N–H and O–H groups in total. The summed E-state index contributed by atoms with van der Waals surface area (Å²) in [6, 6.07) is 0.791. The lowest BCUT2D eigenvalue weighted by Gasteiger charge is -2.30. The Labute approximate surface area is 63.2 Å². The van der Waals surface area contributed by atoms with Crippen LogP contribution in [0.2, 0.25) is 0 Å². The standard InChI is InChI=1S/C9H17N/c1-7-5-8-3-2-4-9(8)6-10-7/h7-10H,2-6H2,1H3/t7-,8+,9-/m1/s1. The van der Waals surface area contributed by atoms with E-state index in [9.17, 15) is 0 Å². The highest BCUT2D eigenvalue weighted by Gasteiger charge is 2.31. The summed E-state index contributed by atoms with van der Waals surface area (Å²) in [5.74, 6) is 2.12. The lowest BCUT2D eigenvalue weighted by molar-refractivity contribution is 0.251. The van der Waals surface area contributed by atoms with E-state index in [0.29, 0.717) is 0 Å². The number of nitrogens with one attached hydrogen (secondary N) is 1. The molecule has 1 saturated carbocycles. The second kappa shape index (κ2) is 2.54. The Hall–Kier alpha value is -0.0400. The molecule has 10 heavy (non-hydrogen) atoms. The van der Waals surface area contributed by atoms with Crippen LogP contribution in [0.1, 0.15) is 32.6 Å². The van der Waals surface area contributed by atoms with Crippen LogP contribution in [0, 0.1) is 11.8 Å². The zero-order chi connectivity index (χ0) is 6.97. The molecule has 1 aliphatic carbocycles. The van der Waals surface area contributed by atoms with Gasteiger partial charge in [0, 0.05) is 6.04 Å². The Morgan fingerprint density at radius 3 is 2.90 bits per heavy atom. The van der Waals surface area contributed by atoms with E-state index < -0.39 is 0 Å². The van der Waals surface area contributed by atoms with Crippen LogP contribution in [-0.2, 0) is 0 Å². The predicted molar refractivity (Wildman–Crippen MR) is 42.9 cm³/mol. The van der Waals surface area contributed by atoms with Crippen molar-refractivity contribution in [3.8, 4) is 0 Å². The summed E-state index contributed by atoms with van der Waals surface area (Å²) in [6.07, 6.45) is 5.93. The summed E-state index contributed by atoms with van der Waals surface area (Å²) in [7, 11) is 0. The molecular weight excluding hydrogens is 122 g/mol. The first-order chi connectivity index (χ1) is 4.86. The van der Waals surface area contributed by atoms with Gasteiger partial charge in [-0.3, -0.25) is 0 Å². The fourth-order valence-corrected chi connectivity index (χ4v) is 2.58. The normalized spacial score (nSPS) is 47.1. The molecule has 3 atom stereocenters. The molecule has 58 valence electrons. The summed E-state index contributed by atoms with van der Waals surface area (Å²) >= 11 is 0. The van der Waals surface area contributed by atoms with Gasteiger partial charge in [-0.2, -0.15) is 0 Å². The van der Waals surface area contributed by atoms with Crippen LogP contribution in [0.15, 0.2) is 0 Å². The minimum absolute atomic E-state index is 0.791. The van der Waals surface area contributed by atoms with E-state index in [4.69, 9.17) is 0 Å². The van der Waals surface area contributed by atoms with Gasteiger partial charge in [0.05, 0.1) is 0 Å². The number of fused-ring (bicyclic) bond motifs is 1. The van der Waals surface area contributed by atoms with Crippen molar-refractivity contribution < 1.29 is 0 Å².